The first-order chi connectivity index (χ1) is 14.0. The molecule has 0 saturated carbocycles. The number of aromatic nitrogens is 3. The van der Waals surface area contributed by atoms with Gasteiger partial charge in [-0.1, -0.05) is 53.2 Å². The summed E-state index contributed by atoms with van der Waals surface area (Å²) in [6, 6.07) is 16.6. The Morgan fingerprint density at radius 1 is 1.17 bits per heavy atom. The number of para-hydroxylation sites is 1. The fourth-order valence-electron chi connectivity index (χ4n) is 3.73. The Labute approximate surface area is 176 Å². The van der Waals surface area contributed by atoms with Gasteiger partial charge in [0.1, 0.15) is 6.04 Å². The fourth-order valence-corrected chi connectivity index (χ4v) is 4.15. The standard InChI is InChI=1S/C22H21BrN4O2/c1-3-18(22(29)24-13-15-8-4-6-10-17(15)23)27-19-11-7-5-9-16(19)21-25-20(28)12-14(2)26(21)27/h4-12,18H,3,13H2,1-2H3,(H,24,29). The largest absolute Gasteiger partial charge is 0.350 e. The van der Waals surface area contributed by atoms with Crippen LogP contribution in [0.15, 0.2) is 63.9 Å². The van der Waals surface area contributed by atoms with Gasteiger partial charge in [-0.2, -0.15) is 4.98 Å². The molecule has 1 N–H and O–H groups in total. The van der Waals surface area contributed by atoms with E-state index < -0.39 is 6.04 Å². The highest BCUT2D eigenvalue weighted by Crippen LogP contribution is 2.26. The summed E-state index contributed by atoms with van der Waals surface area (Å²) in [6.45, 7) is 4.27. The zero-order chi connectivity index (χ0) is 20.5. The number of amides is 1. The van der Waals surface area contributed by atoms with Gasteiger partial charge in [-0.3, -0.25) is 14.3 Å². The Morgan fingerprint density at radius 3 is 2.66 bits per heavy atom. The van der Waals surface area contributed by atoms with Crippen LogP contribution in [0.4, 0.5) is 0 Å². The summed E-state index contributed by atoms with van der Waals surface area (Å²) in [6.07, 6.45) is 0.598. The molecular formula is C22H21BrN4O2. The van der Waals surface area contributed by atoms with Crippen LogP contribution in [0.2, 0.25) is 0 Å². The van der Waals surface area contributed by atoms with Crippen molar-refractivity contribution in [3.8, 4) is 0 Å². The van der Waals surface area contributed by atoms with Gasteiger partial charge < -0.3 is 5.32 Å². The molecule has 6 nitrogen and oxygen atoms in total. The van der Waals surface area contributed by atoms with E-state index in [-0.39, 0.29) is 11.5 Å². The highest BCUT2D eigenvalue weighted by molar-refractivity contribution is 9.10. The minimum atomic E-state index is -0.442. The van der Waals surface area contributed by atoms with Gasteiger partial charge in [0.05, 0.1) is 5.52 Å². The third-order valence-electron chi connectivity index (χ3n) is 5.09. The van der Waals surface area contributed by atoms with E-state index in [4.69, 9.17) is 0 Å². The van der Waals surface area contributed by atoms with E-state index in [2.05, 4.69) is 26.2 Å². The topological polar surface area (TPSA) is 68.4 Å². The van der Waals surface area contributed by atoms with Crippen LogP contribution in [-0.2, 0) is 11.3 Å². The van der Waals surface area contributed by atoms with Crippen LogP contribution in [0.25, 0.3) is 16.6 Å². The Hall–Kier alpha value is -2.93. The predicted molar refractivity (Wildman–Crippen MR) is 117 cm³/mol. The molecule has 2 aromatic carbocycles. The second-order valence-corrected chi connectivity index (χ2v) is 7.82. The van der Waals surface area contributed by atoms with Crippen molar-refractivity contribution in [3.05, 3.63) is 80.7 Å². The maximum atomic E-state index is 13.2. The maximum Gasteiger partial charge on any atom is 0.273 e. The van der Waals surface area contributed by atoms with Crippen LogP contribution in [0.1, 0.15) is 30.6 Å². The lowest BCUT2D eigenvalue weighted by Gasteiger charge is -2.20. The minimum absolute atomic E-state index is 0.0796. The molecule has 7 heteroatoms. The first-order valence-corrected chi connectivity index (χ1v) is 10.3. The van der Waals surface area contributed by atoms with Crippen molar-refractivity contribution in [2.45, 2.75) is 32.9 Å². The lowest BCUT2D eigenvalue weighted by atomic mass is 10.1. The zero-order valence-corrected chi connectivity index (χ0v) is 17.8. The quantitative estimate of drug-likeness (QED) is 0.497. The average Bonchev–Trinajstić information content (AvgIpc) is 3.03. The van der Waals surface area contributed by atoms with Gasteiger partial charge in [-0.05, 0) is 37.1 Å². The Kier molecular flexibility index (Phi) is 5.24. The van der Waals surface area contributed by atoms with Crippen LogP contribution in [0, 0.1) is 6.92 Å². The van der Waals surface area contributed by atoms with Crippen molar-refractivity contribution in [3.63, 3.8) is 0 Å². The Bertz CT molecular complexity index is 1280. The molecule has 0 fully saturated rings. The normalized spacial score (nSPS) is 12.4. The molecule has 4 rings (SSSR count). The smallest absolute Gasteiger partial charge is 0.273 e. The third-order valence-corrected chi connectivity index (χ3v) is 5.86. The number of benzene rings is 2. The molecule has 4 aromatic rings. The van der Waals surface area contributed by atoms with Gasteiger partial charge in [0, 0.05) is 28.2 Å². The number of nitrogens with one attached hydrogen (secondary N) is 1. The van der Waals surface area contributed by atoms with Crippen LogP contribution in [0.5, 0.6) is 0 Å². The molecular weight excluding hydrogens is 432 g/mol. The van der Waals surface area contributed by atoms with E-state index in [9.17, 15) is 9.59 Å². The minimum Gasteiger partial charge on any atom is -0.350 e. The van der Waals surface area contributed by atoms with Crippen molar-refractivity contribution in [1.82, 2.24) is 19.5 Å². The van der Waals surface area contributed by atoms with Gasteiger partial charge in [0.15, 0.2) is 5.65 Å². The lowest BCUT2D eigenvalue weighted by Crippen LogP contribution is -2.34. The van der Waals surface area contributed by atoms with Gasteiger partial charge >= 0.3 is 0 Å². The summed E-state index contributed by atoms with van der Waals surface area (Å²) in [4.78, 5) is 29.4. The van der Waals surface area contributed by atoms with E-state index in [0.717, 1.165) is 26.6 Å². The second kappa shape index (κ2) is 7.83. The molecule has 29 heavy (non-hydrogen) atoms. The Balaban J connectivity index is 1.79. The molecule has 148 valence electrons. The summed E-state index contributed by atoms with van der Waals surface area (Å²) in [7, 11) is 0. The van der Waals surface area contributed by atoms with Gasteiger partial charge in [-0.25, -0.2) is 4.52 Å². The number of aryl methyl sites for hydroxylation is 1. The summed E-state index contributed by atoms with van der Waals surface area (Å²) in [5, 5.41) is 3.91. The molecule has 1 atom stereocenters. The maximum absolute atomic E-state index is 13.2. The summed E-state index contributed by atoms with van der Waals surface area (Å²) in [5.74, 6) is -0.0796. The van der Waals surface area contributed by atoms with E-state index in [0.29, 0.717) is 18.6 Å². The molecule has 0 aliphatic rings. The van der Waals surface area contributed by atoms with E-state index in [1.54, 1.807) is 0 Å². The van der Waals surface area contributed by atoms with Crippen molar-refractivity contribution in [2.24, 2.45) is 0 Å². The number of carbonyl (C=O) groups excluding carboxylic acids is 1. The monoisotopic (exact) mass is 452 g/mol. The number of fused-ring (bicyclic) bond motifs is 3. The van der Waals surface area contributed by atoms with Gasteiger partial charge in [0.2, 0.25) is 5.91 Å². The van der Waals surface area contributed by atoms with Crippen molar-refractivity contribution < 1.29 is 4.79 Å². The highest BCUT2D eigenvalue weighted by Gasteiger charge is 2.24. The molecule has 0 bridgehead atoms. The van der Waals surface area contributed by atoms with E-state index in [1.807, 2.05) is 71.6 Å². The summed E-state index contributed by atoms with van der Waals surface area (Å²) < 4.78 is 4.78. The number of hydrogen-bond acceptors (Lipinski definition) is 3. The SMILES string of the molecule is CCC(C(=O)NCc1ccccc1Br)n1c2ccccc2c2nc(=O)cc(C)n21. The highest BCUT2D eigenvalue weighted by atomic mass is 79.9. The summed E-state index contributed by atoms with van der Waals surface area (Å²) >= 11 is 3.52. The molecule has 0 spiro atoms. The van der Waals surface area contributed by atoms with Crippen molar-refractivity contribution in [1.29, 1.82) is 0 Å². The van der Waals surface area contributed by atoms with Crippen LogP contribution < -0.4 is 10.9 Å². The first kappa shape index (κ1) is 19.4. The molecule has 2 heterocycles. The number of carbonyl (C=O) groups is 1. The van der Waals surface area contributed by atoms with Crippen molar-refractivity contribution in [2.75, 3.05) is 0 Å². The first-order valence-electron chi connectivity index (χ1n) is 9.52. The van der Waals surface area contributed by atoms with Gasteiger partial charge in [-0.15, -0.1) is 0 Å². The Morgan fingerprint density at radius 2 is 1.90 bits per heavy atom. The molecule has 1 unspecified atom stereocenters. The molecule has 1 amide bonds. The third kappa shape index (κ3) is 3.46. The number of rotatable bonds is 5. The van der Waals surface area contributed by atoms with Crippen LogP contribution in [-0.4, -0.2) is 20.1 Å². The molecule has 0 radical (unpaired) electrons. The average molecular weight is 453 g/mol. The second-order valence-electron chi connectivity index (χ2n) is 6.97. The number of hydrogen-bond donors (Lipinski definition) is 1. The van der Waals surface area contributed by atoms with Gasteiger partial charge in [0.25, 0.3) is 5.56 Å². The number of halogens is 1. The van der Waals surface area contributed by atoms with Crippen LogP contribution >= 0.6 is 15.9 Å². The molecule has 0 saturated heterocycles. The predicted octanol–water partition coefficient (Wildman–Crippen LogP) is 3.99. The zero-order valence-electron chi connectivity index (χ0n) is 16.2. The molecule has 0 aliphatic heterocycles. The fraction of sp³-hybridized carbons (Fsp3) is 0.227. The summed E-state index contributed by atoms with van der Waals surface area (Å²) in [5.41, 5.74) is 2.92. The van der Waals surface area contributed by atoms with Crippen LogP contribution in [0.3, 0.4) is 0 Å². The van der Waals surface area contributed by atoms with E-state index in [1.165, 1.54) is 6.07 Å². The van der Waals surface area contributed by atoms with E-state index >= 15 is 0 Å². The molecule has 2 aromatic heterocycles. The molecule has 0 aliphatic carbocycles. The van der Waals surface area contributed by atoms with Crippen molar-refractivity contribution >= 4 is 38.4 Å². The lowest BCUT2D eigenvalue weighted by molar-refractivity contribution is -0.124. The number of nitrogens with zero attached hydrogens (tertiary/aromatic N) is 3.